The number of carbonyl (C=O) groups is 1. The maximum Gasteiger partial charge on any atom is 0.364 e. The van der Waals surface area contributed by atoms with Gasteiger partial charge in [0.2, 0.25) is 5.69 Å². The molecular formula is C9H11N3O3. The average molecular weight is 209 g/mol. The Morgan fingerprint density at radius 1 is 1.53 bits per heavy atom. The second-order valence-electron chi connectivity index (χ2n) is 3.38. The molecule has 1 aromatic heterocycles. The van der Waals surface area contributed by atoms with E-state index in [4.69, 9.17) is 5.73 Å². The van der Waals surface area contributed by atoms with E-state index in [1.807, 2.05) is 13.8 Å². The van der Waals surface area contributed by atoms with Crippen LogP contribution in [0.2, 0.25) is 0 Å². The van der Waals surface area contributed by atoms with Crippen molar-refractivity contribution in [2.75, 3.05) is 0 Å². The van der Waals surface area contributed by atoms with Gasteiger partial charge in [-0.25, -0.2) is 0 Å². The molecule has 1 amide bonds. The molecule has 1 heterocycles. The van der Waals surface area contributed by atoms with Gasteiger partial charge in [-0.05, 0) is 21.9 Å². The second kappa shape index (κ2) is 4.04. The van der Waals surface area contributed by atoms with Crippen molar-refractivity contribution < 1.29 is 9.72 Å². The first kappa shape index (κ1) is 11.1. The van der Waals surface area contributed by atoms with Crippen LogP contribution >= 0.6 is 0 Å². The molecule has 0 atom stereocenters. The van der Waals surface area contributed by atoms with E-state index in [-0.39, 0.29) is 17.4 Å². The Kier molecular flexibility index (Phi) is 2.99. The molecule has 1 aromatic rings. The number of rotatable bonds is 3. The van der Waals surface area contributed by atoms with Gasteiger partial charge in [-0.15, -0.1) is 0 Å². The van der Waals surface area contributed by atoms with Crippen molar-refractivity contribution in [1.29, 1.82) is 0 Å². The molecule has 0 unspecified atom stereocenters. The Morgan fingerprint density at radius 2 is 2.13 bits per heavy atom. The van der Waals surface area contributed by atoms with E-state index in [0.29, 0.717) is 5.56 Å². The molecule has 0 fully saturated rings. The molecule has 15 heavy (non-hydrogen) atoms. The van der Waals surface area contributed by atoms with Crippen LogP contribution in [0.1, 0.15) is 35.8 Å². The van der Waals surface area contributed by atoms with Gasteiger partial charge in [0.15, 0.2) is 0 Å². The second-order valence-corrected chi connectivity index (χ2v) is 3.38. The Balaban J connectivity index is 3.33. The molecule has 0 spiro atoms. The van der Waals surface area contributed by atoms with Crippen LogP contribution < -0.4 is 5.73 Å². The molecule has 0 bridgehead atoms. The Hall–Kier alpha value is -1.98. The quantitative estimate of drug-likeness (QED) is 0.597. The predicted molar refractivity (Wildman–Crippen MR) is 53.5 cm³/mol. The highest BCUT2D eigenvalue weighted by Gasteiger charge is 2.21. The van der Waals surface area contributed by atoms with E-state index >= 15 is 0 Å². The molecule has 0 saturated heterocycles. The fourth-order valence-corrected chi connectivity index (χ4v) is 1.22. The summed E-state index contributed by atoms with van der Waals surface area (Å²) in [6.07, 6.45) is 0. The normalized spacial score (nSPS) is 10.3. The van der Waals surface area contributed by atoms with Crippen LogP contribution in [-0.2, 0) is 0 Å². The van der Waals surface area contributed by atoms with Crippen molar-refractivity contribution in [3.8, 4) is 0 Å². The topological polar surface area (TPSA) is 99.1 Å². The van der Waals surface area contributed by atoms with Crippen molar-refractivity contribution in [3.05, 3.63) is 33.5 Å². The first-order valence-corrected chi connectivity index (χ1v) is 4.38. The lowest BCUT2D eigenvalue weighted by Gasteiger charge is -2.05. The third-order valence-electron chi connectivity index (χ3n) is 1.95. The molecular weight excluding hydrogens is 198 g/mol. The summed E-state index contributed by atoms with van der Waals surface area (Å²) in [5, 5.41) is 10.4. The van der Waals surface area contributed by atoms with E-state index in [1.165, 1.54) is 12.1 Å². The van der Waals surface area contributed by atoms with Crippen LogP contribution in [0, 0.1) is 10.1 Å². The largest absolute Gasteiger partial charge is 0.364 e. The number of aromatic nitrogens is 1. The van der Waals surface area contributed by atoms with Crippen molar-refractivity contribution in [2.45, 2.75) is 19.8 Å². The monoisotopic (exact) mass is 209 g/mol. The summed E-state index contributed by atoms with van der Waals surface area (Å²) < 4.78 is 0. The minimum atomic E-state index is -0.748. The van der Waals surface area contributed by atoms with Crippen LogP contribution in [0.5, 0.6) is 0 Å². The Bertz CT molecular complexity index is 415. The Labute approximate surface area is 86.3 Å². The van der Waals surface area contributed by atoms with E-state index in [9.17, 15) is 14.9 Å². The van der Waals surface area contributed by atoms with Crippen molar-refractivity contribution in [1.82, 2.24) is 4.98 Å². The standard InChI is InChI=1S/C9H11N3O3/c1-5(2)6-3-4-7(12(14)15)11-8(6)9(10)13/h3-5H,1-2H3,(H2,10,13). The maximum atomic E-state index is 11.0. The van der Waals surface area contributed by atoms with E-state index < -0.39 is 10.8 Å². The molecule has 0 aromatic carbocycles. The summed E-state index contributed by atoms with van der Waals surface area (Å²) in [6, 6.07) is 2.78. The van der Waals surface area contributed by atoms with Crippen LogP contribution in [0.25, 0.3) is 0 Å². The molecule has 0 aliphatic heterocycles. The molecule has 0 aliphatic rings. The third kappa shape index (κ3) is 2.28. The first-order valence-electron chi connectivity index (χ1n) is 4.38. The highest BCUT2D eigenvalue weighted by molar-refractivity contribution is 5.92. The number of carbonyl (C=O) groups excluding carboxylic acids is 1. The zero-order chi connectivity index (χ0) is 11.6. The van der Waals surface area contributed by atoms with Crippen LogP contribution in [0.4, 0.5) is 5.82 Å². The smallest absolute Gasteiger partial charge is 0.362 e. The lowest BCUT2D eigenvalue weighted by Crippen LogP contribution is -2.17. The van der Waals surface area contributed by atoms with Gasteiger partial charge in [-0.1, -0.05) is 13.8 Å². The number of nitrogens with zero attached hydrogens (tertiary/aromatic N) is 2. The van der Waals surface area contributed by atoms with Crippen LogP contribution in [0.3, 0.4) is 0 Å². The minimum absolute atomic E-state index is 0.0285. The summed E-state index contributed by atoms with van der Waals surface area (Å²) in [5.41, 5.74) is 5.69. The van der Waals surface area contributed by atoms with Gasteiger partial charge in [0, 0.05) is 11.6 Å². The van der Waals surface area contributed by atoms with Gasteiger partial charge in [-0.2, -0.15) is 0 Å². The number of hydrogen-bond donors (Lipinski definition) is 1. The number of nitro groups is 1. The summed E-state index contributed by atoms with van der Waals surface area (Å²) in [7, 11) is 0. The van der Waals surface area contributed by atoms with Gasteiger partial charge in [0.05, 0.1) is 0 Å². The lowest BCUT2D eigenvalue weighted by molar-refractivity contribution is -0.389. The molecule has 2 N–H and O–H groups in total. The summed E-state index contributed by atoms with van der Waals surface area (Å²) in [6.45, 7) is 3.71. The number of pyridine rings is 1. The molecule has 0 radical (unpaired) electrons. The van der Waals surface area contributed by atoms with Gasteiger partial charge >= 0.3 is 5.82 Å². The van der Waals surface area contributed by atoms with Crippen molar-refractivity contribution in [2.24, 2.45) is 5.73 Å². The minimum Gasteiger partial charge on any atom is -0.362 e. The maximum absolute atomic E-state index is 11.0. The zero-order valence-electron chi connectivity index (χ0n) is 8.43. The zero-order valence-corrected chi connectivity index (χ0v) is 8.43. The van der Waals surface area contributed by atoms with Crippen molar-refractivity contribution >= 4 is 11.7 Å². The van der Waals surface area contributed by atoms with E-state index in [1.54, 1.807) is 0 Å². The van der Waals surface area contributed by atoms with Gasteiger partial charge < -0.3 is 15.8 Å². The number of primary amides is 1. The molecule has 6 heteroatoms. The summed E-state index contributed by atoms with van der Waals surface area (Å²) in [4.78, 5) is 24.4. The fourth-order valence-electron chi connectivity index (χ4n) is 1.22. The Morgan fingerprint density at radius 3 is 2.53 bits per heavy atom. The summed E-state index contributed by atoms with van der Waals surface area (Å²) >= 11 is 0. The number of amides is 1. The van der Waals surface area contributed by atoms with E-state index in [2.05, 4.69) is 4.98 Å². The van der Waals surface area contributed by atoms with Gasteiger partial charge in [0.1, 0.15) is 0 Å². The van der Waals surface area contributed by atoms with Gasteiger partial charge in [0.25, 0.3) is 5.91 Å². The van der Waals surface area contributed by atoms with Crippen molar-refractivity contribution in [3.63, 3.8) is 0 Å². The molecule has 0 aliphatic carbocycles. The SMILES string of the molecule is CC(C)c1ccc([N+](=O)[O-])nc1C(N)=O. The third-order valence-corrected chi connectivity index (χ3v) is 1.95. The number of nitrogens with two attached hydrogens (primary N) is 1. The van der Waals surface area contributed by atoms with Gasteiger partial charge in [-0.3, -0.25) is 4.79 Å². The molecule has 6 nitrogen and oxygen atoms in total. The lowest BCUT2D eigenvalue weighted by atomic mass is 10.0. The summed E-state index contributed by atoms with van der Waals surface area (Å²) in [5.74, 6) is -1.07. The van der Waals surface area contributed by atoms with Crippen LogP contribution in [0.15, 0.2) is 12.1 Å². The highest BCUT2D eigenvalue weighted by Crippen LogP contribution is 2.20. The molecule has 80 valence electrons. The predicted octanol–water partition coefficient (Wildman–Crippen LogP) is 1.21. The average Bonchev–Trinajstić information content (AvgIpc) is 2.16. The highest BCUT2D eigenvalue weighted by atomic mass is 16.6. The van der Waals surface area contributed by atoms with E-state index in [0.717, 1.165) is 0 Å². The number of hydrogen-bond acceptors (Lipinski definition) is 4. The fraction of sp³-hybridized carbons (Fsp3) is 0.333. The first-order chi connectivity index (χ1) is 6.93. The molecule has 1 rings (SSSR count). The van der Waals surface area contributed by atoms with Crippen LogP contribution in [-0.4, -0.2) is 15.8 Å². The molecule has 0 saturated carbocycles.